The van der Waals surface area contributed by atoms with Crippen LogP contribution in [-0.4, -0.2) is 50.4 Å². The molecule has 0 amide bonds. The quantitative estimate of drug-likeness (QED) is 0.0742. The van der Waals surface area contributed by atoms with Crippen molar-refractivity contribution in [2.75, 3.05) is 0 Å². The van der Waals surface area contributed by atoms with Crippen LogP contribution in [0.25, 0.3) is 0 Å². The van der Waals surface area contributed by atoms with Crippen LogP contribution in [0, 0.1) is 34.0 Å². The molecule has 3 atom stereocenters. The molecular weight excluding hydrogens is 603 g/mol. The first kappa shape index (κ1) is 44.0. The fraction of sp³-hybridized carbons (Fsp3) is 0.833. The molecule has 0 fully saturated rings. The molecule has 46 heavy (non-hydrogen) atoms. The van der Waals surface area contributed by atoms with Crippen LogP contribution in [0.3, 0.4) is 0 Å². The molecule has 264 valence electrons. The minimum Gasteiger partial charge on any atom is -0.550 e. The van der Waals surface area contributed by atoms with Gasteiger partial charge in [0.1, 0.15) is 17.8 Å². The summed E-state index contributed by atoms with van der Waals surface area (Å²) in [4.78, 5) is 81.8. The van der Waals surface area contributed by atoms with Crippen LogP contribution in [0.2, 0.25) is 0 Å². The van der Waals surface area contributed by atoms with Gasteiger partial charge in [0.05, 0.1) is 0 Å². The Morgan fingerprint density at radius 3 is 0.696 bits per heavy atom. The van der Waals surface area contributed by atoms with E-state index in [4.69, 9.17) is 11.4 Å². The van der Waals surface area contributed by atoms with E-state index in [0.29, 0.717) is 57.8 Å². The molecule has 0 rings (SSSR count). The van der Waals surface area contributed by atoms with Crippen LogP contribution >= 0.6 is 0 Å². The fourth-order valence-electron chi connectivity index (χ4n) is 6.91. The smallest absolute Gasteiger partial charge is 0.550 e. The zero-order chi connectivity index (χ0) is 35.9. The number of ketones is 3. The minimum absolute atomic E-state index is 0.145. The average Bonchev–Trinajstić information content (AvgIpc) is 3.05. The van der Waals surface area contributed by atoms with Gasteiger partial charge in [0, 0.05) is 16.2 Å². The van der Waals surface area contributed by atoms with Crippen LogP contribution in [0.4, 0.5) is 0 Å². The molecular formula is C36H63AlO9. The van der Waals surface area contributed by atoms with E-state index < -0.39 is 67.1 Å². The highest BCUT2D eigenvalue weighted by molar-refractivity contribution is 6.45. The average molecular weight is 667 g/mol. The van der Waals surface area contributed by atoms with Crippen LogP contribution in [-0.2, 0) is 40.1 Å². The van der Waals surface area contributed by atoms with Crippen LogP contribution in [0.1, 0.15) is 160 Å². The van der Waals surface area contributed by atoms with E-state index in [2.05, 4.69) is 0 Å². The Morgan fingerprint density at radius 2 is 0.565 bits per heavy atom. The summed E-state index contributed by atoms with van der Waals surface area (Å²) in [5.74, 6) is -7.05. The van der Waals surface area contributed by atoms with Crippen molar-refractivity contribution < 1.29 is 40.1 Å². The summed E-state index contributed by atoms with van der Waals surface area (Å²) < 4.78 is 16.9. The number of hydrogen-bond acceptors (Lipinski definition) is 9. The Hall–Kier alpha value is -2.05. The maximum absolute atomic E-state index is 13.7. The molecule has 0 aliphatic rings. The molecule has 0 aromatic heterocycles. The molecule has 0 aromatic rings. The minimum atomic E-state index is -3.99. The normalized spacial score (nSPS) is 14.1. The number of carbonyl (C=O) groups excluding carboxylic acids is 6. The van der Waals surface area contributed by atoms with E-state index in [9.17, 15) is 28.8 Å². The summed E-state index contributed by atoms with van der Waals surface area (Å²) in [5.41, 5.74) is -2.18. The highest BCUT2D eigenvalue weighted by atomic mass is 27.3. The van der Waals surface area contributed by atoms with Gasteiger partial charge >= 0.3 is 15.1 Å². The van der Waals surface area contributed by atoms with Crippen molar-refractivity contribution in [2.24, 2.45) is 34.0 Å². The van der Waals surface area contributed by atoms with Crippen molar-refractivity contribution in [3.05, 3.63) is 0 Å². The van der Waals surface area contributed by atoms with Gasteiger partial charge in [-0.3, -0.25) is 28.8 Å². The molecule has 3 unspecified atom stereocenters. The summed E-state index contributed by atoms with van der Waals surface area (Å²) in [6.45, 7) is 22.2. The topological polar surface area (TPSA) is 130 Å². The predicted octanol–water partition coefficient (Wildman–Crippen LogP) is 8.04. The standard InChI is InChI=1S/3C12H22O3.Al/c3*1-5-9(11(14)15)10(13)12(6-2,7-3)8-4;/h3*9H,5-8H2,1-4H3,(H,14,15);/q;;;+3/p-3. The van der Waals surface area contributed by atoms with Gasteiger partial charge in [0.15, 0.2) is 17.3 Å². The van der Waals surface area contributed by atoms with Gasteiger partial charge < -0.3 is 11.4 Å². The first-order chi connectivity index (χ1) is 21.7. The molecule has 0 radical (unpaired) electrons. The number of carbonyl (C=O) groups is 6. The molecule has 10 heteroatoms. The first-order valence-corrected chi connectivity index (χ1v) is 19.3. The molecule has 0 aromatic carbocycles. The van der Waals surface area contributed by atoms with Gasteiger partial charge in [0.2, 0.25) is 0 Å². The van der Waals surface area contributed by atoms with Gasteiger partial charge in [-0.15, -0.1) is 0 Å². The number of Topliss-reactive ketones (excluding diaryl/α,β-unsaturated/α-hetero) is 3. The van der Waals surface area contributed by atoms with Crippen molar-refractivity contribution in [1.82, 2.24) is 0 Å². The van der Waals surface area contributed by atoms with Crippen LogP contribution in [0.5, 0.6) is 0 Å². The van der Waals surface area contributed by atoms with E-state index in [0.717, 1.165) is 0 Å². The Balaban J connectivity index is 6.71. The largest absolute Gasteiger partial charge is 1.20 e. The van der Waals surface area contributed by atoms with Gasteiger partial charge in [-0.2, -0.15) is 0 Å². The Kier molecular flexibility index (Phi) is 19.4. The van der Waals surface area contributed by atoms with Crippen LogP contribution in [0.15, 0.2) is 0 Å². The Morgan fingerprint density at radius 1 is 0.391 bits per heavy atom. The molecule has 0 saturated heterocycles. The molecule has 0 bridgehead atoms. The lowest BCUT2D eigenvalue weighted by atomic mass is 9.71. The van der Waals surface area contributed by atoms with E-state index in [-0.39, 0.29) is 36.6 Å². The SMILES string of the molecule is CCC(C(=O)[O][Al]([O]C(=O)C(CC)C(=O)C(CC)(CC)CC)[O]C(=O)C(CC)C(=O)C(CC)(CC)CC)C(=O)C(CC)(CC)CC. The molecule has 0 spiro atoms. The maximum atomic E-state index is 13.7. The monoisotopic (exact) mass is 666 g/mol. The van der Waals surface area contributed by atoms with Crippen molar-refractivity contribution >= 4 is 50.4 Å². The lowest BCUT2D eigenvalue weighted by Gasteiger charge is -2.33. The van der Waals surface area contributed by atoms with Crippen LogP contribution < -0.4 is 0 Å². The lowest BCUT2D eigenvalue weighted by molar-refractivity contribution is -0.157. The second-order valence-electron chi connectivity index (χ2n) is 12.6. The molecule has 0 saturated carbocycles. The third-order valence-corrected chi connectivity index (χ3v) is 12.6. The third-order valence-electron chi connectivity index (χ3n) is 11.3. The molecule has 0 N–H and O–H groups in total. The van der Waals surface area contributed by atoms with Crippen molar-refractivity contribution in [3.8, 4) is 0 Å². The highest BCUT2D eigenvalue weighted by Crippen LogP contribution is 2.38. The Labute approximate surface area is 284 Å². The molecule has 0 aliphatic heterocycles. The fourth-order valence-corrected chi connectivity index (χ4v) is 8.11. The summed E-state index contributed by atoms with van der Waals surface area (Å²) >= 11 is -3.99. The second-order valence-corrected chi connectivity index (χ2v) is 13.9. The van der Waals surface area contributed by atoms with Crippen molar-refractivity contribution in [2.45, 2.75) is 160 Å². The van der Waals surface area contributed by atoms with Gasteiger partial charge in [-0.25, -0.2) is 0 Å². The Bertz CT molecular complexity index is 871. The molecule has 9 nitrogen and oxygen atoms in total. The van der Waals surface area contributed by atoms with E-state index in [1.165, 1.54) is 0 Å². The summed E-state index contributed by atoms with van der Waals surface area (Å²) in [6.07, 6.45) is 5.28. The summed E-state index contributed by atoms with van der Waals surface area (Å²) in [5, 5.41) is 0. The van der Waals surface area contributed by atoms with E-state index in [1.54, 1.807) is 20.8 Å². The molecule has 0 aliphatic carbocycles. The molecule has 0 heterocycles. The van der Waals surface area contributed by atoms with Crippen molar-refractivity contribution in [1.29, 1.82) is 0 Å². The van der Waals surface area contributed by atoms with E-state index >= 15 is 0 Å². The zero-order valence-corrected chi connectivity index (χ0v) is 32.1. The summed E-state index contributed by atoms with van der Waals surface area (Å²) in [7, 11) is 0. The van der Waals surface area contributed by atoms with E-state index in [1.807, 2.05) is 62.3 Å². The van der Waals surface area contributed by atoms with Crippen molar-refractivity contribution in [3.63, 3.8) is 0 Å². The predicted molar refractivity (Wildman–Crippen MR) is 180 cm³/mol. The van der Waals surface area contributed by atoms with Gasteiger partial charge in [-0.05, 0) is 77.0 Å². The number of rotatable bonds is 24. The zero-order valence-electron chi connectivity index (χ0n) is 31.0. The third kappa shape index (κ3) is 9.75. The summed E-state index contributed by atoms with van der Waals surface area (Å²) in [6, 6.07) is 0. The lowest BCUT2D eigenvalue weighted by Crippen LogP contribution is -2.46. The van der Waals surface area contributed by atoms with Gasteiger partial charge in [0.25, 0.3) is 17.9 Å². The van der Waals surface area contributed by atoms with Gasteiger partial charge in [-0.1, -0.05) is 83.1 Å². The first-order valence-electron chi connectivity index (χ1n) is 17.9. The maximum Gasteiger partial charge on any atom is 1.20 e. The number of hydrogen-bond donors (Lipinski definition) is 0. The second kappa shape index (κ2) is 20.3. The highest BCUT2D eigenvalue weighted by Gasteiger charge is 2.55.